The van der Waals surface area contributed by atoms with Crippen molar-refractivity contribution in [3.63, 3.8) is 0 Å². The van der Waals surface area contributed by atoms with Crippen LogP contribution in [0.1, 0.15) is 0 Å². The summed E-state index contributed by atoms with van der Waals surface area (Å²) >= 11 is 0. The fraction of sp³-hybridized carbons (Fsp3) is 0. The quantitative estimate of drug-likeness (QED) is 0.128. The number of hydrogen-bond donors (Lipinski definition) is 0. The number of benzene rings is 11. The standard InChI is InChI=1S/C54H33N/c1-5-19-40-36(15-1)35(34-29-30-42-39-18-3-2-16-37(39)38-17-4-6-20-41(38)50(42)33-34)31-32-47(40)53-45-23-7-9-25-48(45)54(49-26-10-8-24-46(49)53)55-51-27-13-11-21-43(51)44-22-12-14-28-52(44)55/h1-33H. The van der Waals surface area contributed by atoms with Gasteiger partial charge in [-0.1, -0.05) is 182 Å². The molecule has 55 heavy (non-hydrogen) atoms. The highest BCUT2D eigenvalue weighted by Gasteiger charge is 2.22. The van der Waals surface area contributed by atoms with Crippen LogP contribution >= 0.6 is 0 Å². The van der Waals surface area contributed by atoms with Gasteiger partial charge >= 0.3 is 0 Å². The van der Waals surface area contributed by atoms with E-state index < -0.39 is 0 Å². The first-order chi connectivity index (χ1) is 27.3. The van der Waals surface area contributed by atoms with Crippen molar-refractivity contribution in [1.82, 2.24) is 4.57 Å². The molecule has 12 rings (SSSR count). The fourth-order valence-corrected chi connectivity index (χ4v) is 9.64. The molecule has 0 saturated carbocycles. The van der Waals surface area contributed by atoms with Crippen molar-refractivity contribution in [2.45, 2.75) is 0 Å². The highest BCUT2D eigenvalue weighted by atomic mass is 15.0. The Morgan fingerprint density at radius 2 is 0.600 bits per heavy atom. The van der Waals surface area contributed by atoms with Gasteiger partial charge in [-0.25, -0.2) is 0 Å². The van der Waals surface area contributed by atoms with Gasteiger partial charge in [-0.2, -0.15) is 0 Å². The maximum Gasteiger partial charge on any atom is 0.0619 e. The zero-order valence-corrected chi connectivity index (χ0v) is 30.0. The molecule has 0 radical (unpaired) electrons. The van der Waals surface area contributed by atoms with Crippen LogP contribution in [-0.2, 0) is 0 Å². The van der Waals surface area contributed by atoms with Crippen LogP contribution in [0, 0.1) is 0 Å². The second kappa shape index (κ2) is 11.6. The van der Waals surface area contributed by atoms with Crippen molar-refractivity contribution in [2.24, 2.45) is 0 Å². The lowest BCUT2D eigenvalue weighted by Crippen LogP contribution is -1.99. The minimum absolute atomic E-state index is 1.22. The van der Waals surface area contributed by atoms with Crippen molar-refractivity contribution in [1.29, 1.82) is 0 Å². The number of para-hydroxylation sites is 2. The zero-order valence-electron chi connectivity index (χ0n) is 30.0. The first kappa shape index (κ1) is 30.3. The summed E-state index contributed by atoms with van der Waals surface area (Å²) in [5.41, 5.74) is 8.66. The van der Waals surface area contributed by atoms with Crippen LogP contribution in [-0.4, -0.2) is 4.57 Å². The number of nitrogens with zero attached hydrogens (tertiary/aromatic N) is 1. The Morgan fingerprint density at radius 1 is 0.236 bits per heavy atom. The van der Waals surface area contributed by atoms with Crippen molar-refractivity contribution >= 4 is 86.4 Å². The normalized spacial score (nSPS) is 12.0. The van der Waals surface area contributed by atoms with Crippen LogP contribution in [0.4, 0.5) is 0 Å². The van der Waals surface area contributed by atoms with Crippen LogP contribution in [0.15, 0.2) is 200 Å². The monoisotopic (exact) mass is 695 g/mol. The number of hydrogen-bond acceptors (Lipinski definition) is 0. The van der Waals surface area contributed by atoms with Gasteiger partial charge in [0.05, 0.1) is 16.7 Å². The van der Waals surface area contributed by atoms with Crippen LogP contribution in [0.25, 0.3) is 114 Å². The largest absolute Gasteiger partial charge is 0.308 e. The van der Waals surface area contributed by atoms with Crippen molar-refractivity contribution in [3.8, 4) is 27.9 Å². The molecule has 0 amide bonds. The van der Waals surface area contributed by atoms with Gasteiger partial charge in [-0.3, -0.25) is 0 Å². The van der Waals surface area contributed by atoms with Crippen molar-refractivity contribution in [3.05, 3.63) is 200 Å². The fourth-order valence-electron chi connectivity index (χ4n) is 9.64. The Morgan fingerprint density at radius 3 is 1.13 bits per heavy atom. The molecule has 0 fully saturated rings. The third-order valence-corrected chi connectivity index (χ3v) is 12.0. The molecule has 11 aromatic carbocycles. The molecule has 0 saturated heterocycles. The lowest BCUT2D eigenvalue weighted by Gasteiger charge is -2.21. The molecular weight excluding hydrogens is 663 g/mol. The summed E-state index contributed by atoms with van der Waals surface area (Å²) in [6.45, 7) is 0. The van der Waals surface area contributed by atoms with E-state index in [9.17, 15) is 0 Å². The van der Waals surface area contributed by atoms with Gasteiger partial charge in [0, 0.05) is 21.5 Å². The zero-order chi connectivity index (χ0) is 36.0. The van der Waals surface area contributed by atoms with Gasteiger partial charge in [0.15, 0.2) is 0 Å². The van der Waals surface area contributed by atoms with Gasteiger partial charge in [0.25, 0.3) is 0 Å². The lowest BCUT2D eigenvalue weighted by atomic mass is 9.86. The maximum absolute atomic E-state index is 2.49. The second-order valence-corrected chi connectivity index (χ2v) is 14.7. The second-order valence-electron chi connectivity index (χ2n) is 14.7. The minimum Gasteiger partial charge on any atom is -0.308 e. The number of fused-ring (bicyclic) bond motifs is 12. The molecule has 0 spiro atoms. The van der Waals surface area contributed by atoms with Crippen LogP contribution in [0.2, 0.25) is 0 Å². The SMILES string of the molecule is c1ccc2c(-c3c4ccccc4c(-n4c5ccccc5c5ccccc54)c4ccccc34)ccc(-c3ccc4c5ccccc5c5ccccc5c4c3)c2c1. The molecule has 254 valence electrons. The van der Waals surface area contributed by atoms with E-state index in [0.717, 1.165) is 0 Å². The third kappa shape index (κ3) is 4.30. The van der Waals surface area contributed by atoms with E-state index in [1.807, 2.05) is 0 Å². The van der Waals surface area contributed by atoms with Gasteiger partial charge in [0.2, 0.25) is 0 Å². The van der Waals surface area contributed by atoms with Crippen LogP contribution < -0.4 is 0 Å². The highest BCUT2D eigenvalue weighted by molar-refractivity contribution is 6.27. The lowest BCUT2D eigenvalue weighted by molar-refractivity contribution is 1.21. The average molecular weight is 696 g/mol. The highest BCUT2D eigenvalue weighted by Crippen LogP contribution is 2.47. The Balaban J connectivity index is 1.14. The van der Waals surface area contributed by atoms with Crippen LogP contribution in [0.3, 0.4) is 0 Å². The average Bonchev–Trinajstić information content (AvgIpc) is 3.59. The molecule has 12 aromatic rings. The molecule has 1 nitrogen and oxygen atoms in total. The van der Waals surface area contributed by atoms with E-state index in [4.69, 9.17) is 0 Å². The van der Waals surface area contributed by atoms with Gasteiger partial charge in [-0.05, 0) is 94.3 Å². The van der Waals surface area contributed by atoms with Gasteiger partial charge in [-0.15, -0.1) is 0 Å². The minimum atomic E-state index is 1.22. The van der Waals surface area contributed by atoms with E-state index in [2.05, 4.69) is 205 Å². The summed E-state index contributed by atoms with van der Waals surface area (Å²) in [5, 5.41) is 17.8. The summed E-state index contributed by atoms with van der Waals surface area (Å²) in [6.07, 6.45) is 0. The van der Waals surface area contributed by atoms with Gasteiger partial charge < -0.3 is 4.57 Å². The topological polar surface area (TPSA) is 4.93 Å². The smallest absolute Gasteiger partial charge is 0.0619 e. The van der Waals surface area contributed by atoms with E-state index in [1.54, 1.807) is 0 Å². The Hall–Kier alpha value is -7.22. The number of aromatic nitrogens is 1. The summed E-state index contributed by atoms with van der Waals surface area (Å²) < 4.78 is 2.49. The Bertz CT molecular complexity index is 3400. The molecule has 0 atom stereocenters. The molecule has 0 aliphatic rings. The summed E-state index contributed by atoms with van der Waals surface area (Å²) in [5.74, 6) is 0. The summed E-state index contributed by atoms with van der Waals surface area (Å²) in [6, 6.07) is 74.0. The van der Waals surface area contributed by atoms with E-state index in [-0.39, 0.29) is 0 Å². The van der Waals surface area contributed by atoms with Crippen molar-refractivity contribution < 1.29 is 0 Å². The molecule has 1 aromatic heterocycles. The van der Waals surface area contributed by atoms with E-state index in [1.165, 1.54) is 114 Å². The summed E-state index contributed by atoms with van der Waals surface area (Å²) in [7, 11) is 0. The Kier molecular flexibility index (Phi) is 6.40. The molecule has 1 heterocycles. The van der Waals surface area contributed by atoms with Gasteiger partial charge in [0.1, 0.15) is 0 Å². The third-order valence-electron chi connectivity index (χ3n) is 12.0. The molecular formula is C54H33N. The molecule has 0 bridgehead atoms. The first-order valence-corrected chi connectivity index (χ1v) is 19.1. The predicted octanol–water partition coefficient (Wildman–Crippen LogP) is 15.0. The summed E-state index contributed by atoms with van der Waals surface area (Å²) in [4.78, 5) is 0. The maximum atomic E-state index is 2.49. The van der Waals surface area contributed by atoms with E-state index >= 15 is 0 Å². The predicted molar refractivity (Wildman–Crippen MR) is 237 cm³/mol. The number of rotatable bonds is 3. The molecule has 1 heteroatoms. The van der Waals surface area contributed by atoms with E-state index in [0.29, 0.717) is 0 Å². The molecule has 0 unspecified atom stereocenters. The molecule has 0 aliphatic heterocycles. The molecule has 0 aliphatic carbocycles. The van der Waals surface area contributed by atoms with Crippen molar-refractivity contribution in [2.75, 3.05) is 0 Å². The first-order valence-electron chi connectivity index (χ1n) is 19.1. The molecule has 0 N–H and O–H groups in total. The van der Waals surface area contributed by atoms with Crippen LogP contribution in [0.5, 0.6) is 0 Å². The Labute approximate surface area is 317 Å².